The van der Waals surface area contributed by atoms with Gasteiger partial charge in [-0.25, -0.2) is 13.2 Å². The molecule has 0 aromatic heterocycles. The van der Waals surface area contributed by atoms with Gasteiger partial charge >= 0.3 is 0 Å². The van der Waals surface area contributed by atoms with E-state index in [1.807, 2.05) is 0 Å². The summed E-state index contributed by atoms with van der Waals surface area (Å²) in [7, 11) is 0. The van der Waals surface area contributed by atoms with E-state index in [9.17, 15) is 23.1 Å². The summed E-state index contributed by atoms with van der Waals surface area (Å²) in [5, 5.41) is 11.8. The molecule has 0 saturated carbocycles. The highest BCUT2D eigenvalue weighted by Crippen LogP contribution is 2.24. The maximum absolute atomic E-state index is 13.4. The summed E-state index contributed by atoms with van der Waals surface area (Å²) in [6.07, 6.45) is 0. The van der Waals surface area contributed by atoms with E-state index in [1.165, 1.54) is 12.1 Å². The first-order valence-electron chi connectivity index (χ1n) is 5.65. The van der Waals surface area contributed by atoms with Gasteiger partial charge in [0.2, 0.25) is 0 Å². The van der Waals surface area contributed by atoms with Gasteiger partial charge in [0.05, 0.1) is 11.3 Å². The maximum Gasteiger partial charge on any atom is 0.259 e. The first-order chi connectivity index (χ1) is 9.41. The monoisotopic (exact) mass is 281 g/mol. The van der Waals surface area contributed by atoms with Crippen LogP contribution < -0.4 is 5.32 Å². The normalized spacial score (nSPS) is 10.4. The van der Waals surface area contributed by atoms with Crippen LogP contribution in [0.1, 0.15) is 15.9 Å². The number of phenols is 1. The second kappa shape index (κ2) is 5.24. The molecule has 3 nitrogen and oxygen atoms in total. The molecule has 0 bridgehead atoms. The topological polar surface area (TPSA) is 49.3 Å². The van der Waals surface area contributed by atoms with Crippen molar-refractivity contribution >= 4 is 11.6 Å². The van der Waals surface area contributed by atoms with Crippen LogP contribution in [-0.4, -0.2) is 11.0 Å². The minimum atomic E-state index is -1.67. The largest absolute Gasteiger partial charge is 0.507 e. The molecule has 20 heavy (non-hydrogen) atoms. The minimum Gasteiger partial charge on any atom is -0.507 e. The smallest absolute Gasteiger partial charge is 0.259 e. The Morgan fingerprint density at radius 3 is 2.50 bits per heavy atom. The third-order valence-corrected chi connectivity index (χ3v) is 2.77. The lowest BCUT2D eigenvalue weighted by Crippen LogP contribution is -2.14. The Labute approximate surface area is 112 Å². The molecular formula is C14H10F3NO2. The molecule has 0 radical (unpaired) electrons. The third kappa shape index (κ3) is 2.45. The molecule has 2 rings (SSSR count). The van der Waals surface area contributed by atoms with Crippen LogP contribution in [0.5, 0.6) is 5.75 Å². The number of aromatic hydroxyl groups is 1. The van der Waals surface area contributed by atoms with Crippen LogP contribution in [-0.2, 0) is 0 Å². The number of rotatable bonds is 2. The molecule has 6 heteroatoms. The molecule has 2 N–H and O–H groups in total. The van der Waals surface area contributed by atoms with Crippen LogP contribution in [0.2, 0.25) is 0 Å². The molecule has 0 spiro atoms. The molecular weight excluding hydrogens is 271 g/mol. The number of anilines is 1. The highest BCUT2D eigenvalue weighted by atomic mass is 19.2. The summed E-state index contributed by atoms with van der Waals surface area (Å²) in [5.74, 6) is -5.59. The lowest BCUT2D eigenvalue weighted by molar-refractivity contribution is 0.102. The zero-order valence-corrected chi connectivity index (χ0v) is 10.4. The Kier molecular flexibility index (Phi) is 3.65. The first-order valence-corrected chi connectivity index (χ1v) is 5.65. The Morgan fingerprint density at radius 1 is 1.10 bits per heavy atom. The molecule has 0 atom stereocenters. The molecule has 1 amide bonds. The van der Waals surface area contributed by atoms with Crippen molar-refractivity contribution in [3.63, 3.8) is 0 Å². The van der Waals surface area contributed by atoms with Gasteiger partial charge in [0.1, 0.15) is 5.75 Å². The van der Waals surface area contributed by atoms with Crippen LogP contribution in [0.4, 0.5) is 18.9 Å². The number of para-hydroxylation sites is 1. The van der Waals surface area contributed by atoms with Gasteiger partial charge in [-0.2, -0.15) is 0 Å². The van der Waals surface area contributed by atoms with Gasteiger partial charge in [0.25, 0.3) is 5.91 Å². The minimum absolute atomic E-state index is 0.0888. The third-order valence-electron chi connectivity index (χ3n) is 2.77. The van der Waals surface area contributed by atoms with Crippen molar-refractivity contribution in [1.29, 1.82) is 0 Å². The van der Waals surface area contributed by atoms with Gasteiger partial charge in [-0.1, -0.05) is 12.1 Å². The van der Waals surface area contributed by atoms with Crippen LogP contribution in [0, 0.1) is 24.4 Å². The molecule has 2 aromatic rings. The van der Waals surface area contributed by atoms with Gasteiger partial charge < -0.3 is 10.4 Å². The number of aryl methyl sites for hydroxylation is 1. The lowest BCUT2D eigenvalue weighted by atomic mass is 10.1. The molecule has 0 saturated heterocycles. The Bertz CT molecular complexity index is 686. The zero-order valence-electron chi connectivity index (χ0n) is 10.4. The van der Waals surface area contributed by atoms with E-state index in [0.717, 1.165) is 6.07 Å². The van der Waals surface area contributed by atoms with Crippen molar-refractivity contribution in [2.45, 2.75) is 6.92 Å². The van der Waals surface area contributed by atoms with Crippen molar-refractivity contribution in [3.8, 4) is 5.75 Å². The van der Waals surface area contributed by atoms with E-state index >= 15 is 0 Å². The second-order valence-corrected chi connectivity index (χ2v) is 4.15. The number of phenolic OH excluding ortho intramolecular Hbond substituents is 1. The number of carbonyl (C=O) groups excluding carboxylic acids is 1. The predicted octanol–water partition coefficient (Wildman–Crippen LogP) is 3.37. The number of halogens is 3. The summed E-state index contributed by atoms with van der Waals surface area (Å²) < 4.78 is 39.2. The number of benzene rings is 2. The van der Waals surface area contributed by atoms with Crippen molar-refractivity contribution in [3.05, 3.63) is 58.9 Å². The van der Waals surface area contributed by atoms with Crippen molar-refractivity contribution in [2.75, 3.05) is 5.32 Å². The lowest BCUT2D eigenvalue weighted by Gasteiger charge is -2.09. The van der Waals surface area contributed by atoms with Crippen molar-refractivity contribution in [2.24, 2.45) is 0 Å². The molecule has 0 heterocycles. The molecule has 2 aromatic carbocycles. The highest BCUT2D eigenvalue weighted by Gasteiger charge is 2.18. The Morgan fingerprint density at radius 2 is 1.80 bits per heavy atom. The van der Waals surface area contributed by atoms with Gasteiger partial charge in [-0.15, -0.1) is 0 Å². The summed E-state index contributed by atoms with van der Waals surface area (Å²) in [5.41, 5.74) is -0.132. The summed E-state index contributed by atoms with van der Waals surface area (Å²) in [6, 6.07) is 6.05. The van der Waals surface area contributed by atoms with Crippen molar-refractivity contribution < 1.29 is 23.1 Å². The zero-order chi connectivity index (χ0) is 14.9. The fourth-order valence-corrected chi connectivity index (χ4v) is 1.65. The van der Waals surface area contributed by atoms with E-state index in [1.54, 1.807) is 13.0 Å². The summed E-state index contributed by atoms with van der Waals surface area (Å²) in [6.45, 7) is 1.59. The van der Waals surface area contributed by atoms with Crippen molar-refractivity contribution in [1.82, 2.24) is 0 Å². The fourth-order valence-electron chi connectivity index (χ4n) is 1.65. The number of carbonyl (C=O) groups is 1. The average Bonchev–Trinajstić information content (AvgIpc) is 2.42. The SMILES string of the molecule is Cc1cccc(C(=O)Nc2ccc(F)c(F)c2F)c1O. The first kappa shape index (κ1) is 13.9. The van der Waals surface area contributed by atoms with Gasteiger partial charge in [0.15, 0.2) is 17.5 Å². The van der Waals surface area contributed by atoms with Gasteiger partial charge in [-0.3, -0.25) is 4.79 Å². The van der Waals surface area contributed by atoms with E-state index in [-0.39, 0.29) is 11.3 Å². The van der Waals surface area contributed by atoms with Crippen LogP contribution in [0.15, 0.2) is 30.3 Å². The summed E-state index contributed by atoms with van der Waals surface area (Å²) >= 11 is 0. The van der Waals surface area contributed by atoms with E-state index < -0.39 is 29.0 Å². The Balaban J connectivity index is 2.33. The number of hydrogen-bond donors (Lipinski definition) is 2. The molecule has 0 unspecified atom stereocenters. The van der Waals surface area contributed by atoms with Crippen LogP contribution in [0.3, 0.4) is 0 Å². The number of hydrogen-bond acceptors (Lipinski definition) is 2. The van der Waals surface area contributed by atoms with Crippen LogP contribution >= 0.6 is 0 Å². The standard InChI is InChI=1S/C14H10F3NO2/c1-7-3-2-4-8(13(7)19)14(20)18-10-6-5-9(15)11(16)12(10)17/h2-6,19H,1H3,(H,18,20). The number of nitrogens with one attached hydrogen (secondary N) is 1. The maximum atomic E-state index is 13.4. The number of amides is 1. The second-order valence-electron chi connectivity index (χ2n) is 4.15. The predicted molar refractivity (Wildman–Crippen MR) is 67.1 cm³/mol. The fraction of sp³-hybridized carbons (Fsp3) is 0.0714. The molecule has 0 aliphatic carbocycles. The van der Waals surface area contributed by atoms with E-state index in [2.05, 4.69) is 5.32 Å². The molecule has 104 valence electrons. The molecule has 0 aliphatic rings. The van der Waals surface area contributed by atoms with E-state index in [4.69, 9.17) is 0 Å². The Hall–Kier alpha value is -2.50. The highest BCUT2D eigenvalue weighted by molar-refractivity contribution is 6.06. The summed E-state index contributed by atoms with van der Waals surface area (Å²) in [4.78, 5) is 11.9. The molecule has 0 aliphatic heterocycles. The average molecular weight is 281 g/mol. The van der Waals surface area contributed by atoms with Gasteiger partial charge in [-0.05, 0) is 30.7 Å². The van der Waals surface area contributed by atoms with Gasteiger partial charge in [0, 0.05) is 0 Å². The molecule has 0 fully saturated rings. The van der Waals surface area contributed by atoms with Crippen LogP contribution in [0.25, 0.3) is 0 Å². The van der Waals surface area contributed by atoms with E-state index in [0.29, 0.717) is 11.6 Å². The quantitative estimate of drug-likeness (QED) is 0.829.